The van der Waals surface area contributed by atoms with Crippen molar-refractivity contribution in [3.8, 4) is 0 Å². The van der Waals surface area contributed by atoms with Gasteiger partial charge in [-0.25, -0.2) is 4.98 Å². The maximum Gasteiger partial charge on any atom is 0.0931 e. The summed E-state index contributed by atoms with van der Waals surface area (Å²) in [7, 11) is 4.36. The Kier molecular flexibility index (Phi) is 3.40. The monoisotopic (exact) mass is 259 g/mol. The number of hydrogen-bond donors (Lipinski definition) is 2. The molecule has 2 aromatic rings. The molecule has 0 radical (unpaired) electrons. The van der Waals surface area contributed by atoms with E-state index in [1.165, 1.54) is 5.69 Å². The zero-order chi connectivity index (χ0) is 13.2. The second-order valence-corrected chi connectivity index (χ2v) is 5.32. The van der Waals surface area contributed by atoms with E-state index < -0.39 is 0 Å². The summed E-state index contributed by atoms with van der Waals surface area (Å²) >= 11 is 0. The smallest absolute Gasteiger partial charge is 0.0931 e. The molecule has 1 aromatic carbocycles. The van der Waals surface area contributed by atoms with Crippen LogP contribution in [0.5, 0.6) is 0 Å². The molecule has 3 rings (SSSR count). The molecule has 1 aliphatic rings. The van der Waals surface area contributed by atoms with E-state index in [2.05, 4.69) is 57.4 Å². The summed E-state index contributed by atoms with van der Waals surface area (Å²) in [6.45, 7) is 4.31. The van der Waals surface area contributed by atoms with Crippen LogP contribution < -0.4 is 10.2 Å². The number of benzene rings is 1. The van der Waals surface area contributed by atoms with Crippen LogP contribution in [0.15, 0.2) is 24.5 Å². The number of anilines is 1. The average Bonchev–Trinajstić information content (AvgIpc) is 2.88. The van der Waals surface area contributed by atoms with E-state index in [0.717, 1.165) is 37.2 Å². The van der Waals surface area contributed by atoms with E-state index in [-0.39, 0.29) is 0 Å². The van der Waals surface area contributed by atoms with Crippen LogP contribution in [-0.2, 0) is 0 Å². The Morgan fingerprint density at radius 3 is 3.21 bits per heavy atom. The molecule has 1 unspecified atom stereocenters. The molecule has 1 aromatic heterocycles. The van der Waals surface area contributed by atoms with E-state index in [1.807, 2.05) is 0 Å². The minimum atomic E-state index is 0.566. The molecule has 1 saturated heterocycles. The van der Waals surface area contributed by atoms with Crippen molar-refractivity contribution in [2.24, 2.45) is 0 Å². The Bertz CT molecular complexity index is 550. The summed E-state index contributed by atoms with van der Waals surface area (Å²) in [5.41, 5.74) is 3.35. The normalized spacial score (nSPS) is 20.8. The number of hydrogen-bond acceptors (Lipinski definition) is 4. The number of piperazine rings is 1. The summed E-state index contributed by atoms with van der Waals surface area (Å²) in [5, 5.41) is 3.46. The average molecular weight is 259 g/mol. The van der Waals surface area contributed by atoms with Crippen LogP contribution in [0.3, 0.4) is 0 Å². The van der Waals surface area contributed by atoms with E-state index in [1.54, 1.807) is 6.33 Å². The van der Waals surface area contributed by atoms with Gasteiger partial charge in [0.15, 0.2) is 0 Å². The van der Waals surface area contributed by atoms with Crippen molar-refractivity contribution in [2.45, 2.75) is 6.04 Å². The number of aromatic nitrogens is 2. The lowest BCUT2D eigenvalue weighted by atomic mass is 10.2. The Balaban J connectivity index is 1.73. The molecule has 0 saturated carbocycles. The third kappa shape index (κ3) is 2.57. The first-order chi connectivity index (χ1) is 9.24. The maximum atomic E-state index is 4.25. The summed E-state index contributed by atoms with van der Waals surface area (Å²) in [4.78, 5) is 12.2. The molecule has 1 aliphatic heterocycles. The van der Waals surface area contributed by atoms with Crippen LogP contribution in [0.4, 0.5) is 5.69 Å². The highest BCUT2D eigenvalue weighted by atomic mass is 15.2. The highest BCUT2D eigenvalue weighted by Gasteiger charge is 2.20. The van der Waals surface area contributed by atoms with Crippen molar-refractivity contribution in [3.63, 3.8) is 0 Å². The molecular weight excluding hydrogens is 238 g/mol. The van der Waals surface area contributed by atoms with E-state index in [9.17, 15) is 0 Å². The van der Waals surface area contributed by atoms with Crippen molar-refractivity contribution >= 4 is 16.7 Å². The summed E-state index contributed by atoms with van der Waals surface area (Å²) in [6.07, 6.45) is 1.74. The molecular formula is C14H21N5. The quantitative estimate of drug-likeness (QED) is 0.860. The summed E-state index contributed by atoms with van der Waals surface area (Å²) in [6, 6.07) is 6.94. The highest BCUT2D eigenvalue weighted by molar-refractivity contribution is 5.78. The van der Waals surface area contributed by atoms with Gasteiger partial charge < -0.3 is 15.2 Å². The van der Waals surface area contributed by atoms with E-state index >= 15 is 0 Å². The van der Waals surface area contributed by atoms with Crippen molar-refractivity contribution in [2.75, 3.05) is 45.2 Å². The Morgan fingerprint density at radius 2 is 2.37 bits per heavy atom. The summed E-state index contributed by atoms with van der Waals surface area (Å²) < 4.78 is 0. The van der Waals surface area contributed by atoms with Crippen molar-refractivity contribution in [1.82, 2.24) is 20.2 Å². The third-order valence-electron chi connectivity index (χ3n) is 3.97. The van der Waals surface area contributed by atoms with Crippen molar-refractivity contribution in [3.05, 3.63) is 24.5 Å². The predicted octanol–water partition coefficient (Wildman–Crippen LogP) is 0.903. The zero-order valence-electron chi connectivity index (χ0n) is 11.6. The van der Waals surface area contributed by atoms with Gasteiger partial charge in [-0.15, -0.1) is 0 Å². The maximum absolute atomic E-state index is 4.25. The predicted molar refractivity (Wildman–Crippen MR) is 78.7 cm³/mol. The van der Waals surface area contributed by atoms with Crippen LogP contribution in [0, 0.1) is 0 Å². The third-order valence-corrected chi connectivity index (χ3v) is 3.97. The number of rotatable bonds is 3. The fourth-order valence-corrected chi connectivity index (χ4v) is 2.65. The molecule has 5 heteroatoms. The Hall–Kier alpha value is -1.59. The lowest BCUT2D eigenvalue weighted by molar-refractivity contribution is 0.204. The van der Waals surface area contributed by atoms with Crippen LogP contribution in [0.25, 0.3) is 11.0 Å². The minimum absolute atomic E-state index is 0.566. The van der Waals surface area contributed by atoms with E-state index in [0.29, 0.717) is 6.04 Å². The number of aromatic amines is 1. The van der Waals surface area contributed by atoms with Gasteiger partial charge in [-0.05, 0) is 25.2 Å². The Morgan fingerprint density at radius 1 is 1.47 bits per heavy atom. The molecule has 102 valence electrons. The van der Waals surface area contributed by atoms with Crippen LogP contribution >= 0.6 is 0 Å². The van der Waals surface area contributed by atoms with Gasteiger partial charge in [0.2, 0.25) is 0 Å². The standard InChI is InChI=1S/C14H21N5/c1-18-6-5-15-8-12(18)9-19(2)11-3-4-13-14(7-11)17-10-16-13/h3-4,7,10,12,15H,5-6,8-9H2,1-2H3,(H,16,17). The molecule has 5 nitrogen and oxygen atoms in total. The fourth-order valence-electron chi connectivity index (χ4n) is 2.65. The molecule has 1 atom stereocenters. The van der Waals surface area contributed by atoms with E-state index in [4.69, 9.17) is 0 Å². The van der Waals surface area contributed by atoms with Gasteiger partial charge in [-0.3, -0.25) is 4.90 Å². The largest absolute Gasteiger partial charge is 0.373 e. The lowest BCUT2D eigenvalue weighted by Crippen LogP contribution is -2.53. The van der Waals surface area contributed by atoms with Gasteiger partial charge in [-0.2, -0.15) is 0 Å². The van der Waals surface area contributed by atoms with Crippen LogP contribution in [-0.4, -0.2) is 61.2 Å². The zero-order valence-corrected chi connectivity index (χ0v) is 11.6. The highest BCUT2D eigenvalue weighted by Crippen LogP contribution is 2.19. The first-order valence-electron chi connectivity index (χ1n) is 6.79. The molecule has 2 heterocycles. The molecule has 1 fully saturated rings. The molecule has 0 spiro atoms. The SMILES string of the molecule is CN(CC1CNCCN1C)c1ccc2nc[nH]c2c1. The van der Waals surface area contributed by atoms with Gasteiger partial charge in [0, 0.05) is 45.0 Å². The lowest BCUT2D eigenvalue weighted by Gasteiger charge is -2.36. The van der Waals surface area contributed by atoms with Gasteiger partial charge in [0.1, 0.15) is 0 Å². The van der Waals surface area contributed by atoms with Crippen molar-refractivity contribution < 1.29 is 0 Å². The molecule has 2 N–H and O–H groups in total. The number of imidazole rings is 1. The Labute approximate surface area is 113 Å². The second kappa shape index (κ2) is 5.19. The number of H-pyrrole nitrogens is 1. The molecule has 0 aliphatic carbocycles. The van der Waals surface area contributed by atoms with Gasteiger partial charge in [-0.1, -0.05) is 0 Å². The summed E-state index contributed by atoms with van der Waals surface area (Å²) in [5.74, 6) is 0. The minimum Gasteiger partial charge on any atom is -0.373 e. The number of nitrogens with zero attached hydrogens (tertiary/aromatic N) is 3. The van der Waals surface area contributed by atoms with Crippen molar-refractivity contribution in [1.29, 1.82) is 0 Å². The first-order valence-corrected chi connectivity index (χ1v) is 6.79. The second-order valence-electron chi connectivity index (χ2n) is 5.32. The molecule has 0 bridgehead atoms. The van der Waals surface area contributed by atoms with Gasteiger partial charge in [0.05, 0.1) is 17.4 Å². The van der Waals surface area contributed by atoms with Crippen LogP contribution in [0.2, 0.25) is 0 Å². The van der Waals surface area contributed by atoms with Gasteiger partial charge in [0.25, 0.3) is 0 Å². The number of likely N-dealkylation sites (N-methyl/N-ethyl adjacent to an activating group) is 2. The molecule has 0 amide bonds. The topological polar surface area (TPSA) is 47.2 Å². The number of fused-ring (bicyclic) bond motifs is 1. The number of nitrogens with one attached hydrogen (secondary N) is 2. The molecule has 19 heavy (non-hydrogen) atoms. The van der Waals surface area contributed by atoms with Gasteiger partial charge >= 0.3 is 0 Å². The van der Waals surface area contributed by atoms with Crippen LogP contribution in [0.1, 0.15) is 0 Å². The fraction of sp³-hybridized carbons (Fsp3) is 0.500. The first kappa shape index (κ1) is 12.4.